The summed E-state index contributed by atoms with van der Waals surface area (Å²) in [5, 5.41) is 1.69. The van der Waals surface area contributed by atoms with Crippen molar-refractivity contribution in [2.45, 2.75) is 10.8 Å². The van der Waals surface area contributed by atoms with Gasteiger partial charge in [-0.3, -0.25) is 0 Å². The number of hydrogen-bond acceptors (Lipinski definition) is 6. The smallest absolute Gasteiger partial charge is 0.294 e. The van der Waals surface area contributed by atoms with Crippen molar-refractivity contribution in [1.82, 2.24) is 4.57 Å². The first-order valence-corrected chi connectivity index (χ1v) is 10.2. The van der Waals surface area contributed by atoms with Crippen molar-refractivity contribution in [3.8, 4) is 23.8 Å². The van der Waals surface area contributed by atoms with E-state index in [1.165, 1.54) is 24.5 Å². The Labute approximate surface area is 153 Å². The van der Waals surface area contributed by atoms with Gasteiger partial charge in [0, 0.05) is 12.1 Å². The van der Waals surface area contributed by atoms with Gasteiger partial charge < -0.3 is 14.0 Å². The standard InChI is InChI=1S/C16H14N2O4S3/c1-4-7-18-11-9-12(21-2)13(22-3)10-14(11)24-16(18)17-25(19,20)15-6-5-8-23-15/h1,5-6,8-10H,7H2,2-3H3/b17-16-. The highest BCUT2D eigenvalue weighted by Gasteiger charge is 2.17. The number of sulfonamides is 1. The van der Waals surface area contributed by atoms with E-state index < -0.39 is 10.0 Å². The summed E-state index contributed by atoms with van der Waals surface area (Å²) < 4.78 is 42.2. The maximum Gasteiger partial charge on any atom is 0.294 e. The third-order valence-electron chi connectivity index (χ3n) is 3.39. The van der Waals surface area contributed by atoms with Gasteiger partial charge in [0.25, 0.3) is 10.0 Å². The van der Waals surface area contributed by atoms with E-state index in [4.69, 9.17) is 15.9 Å². The van der Waals surface area contributed by atoms with Gasteiger partial charge in [-0.25, -0.2) is 0 Å². The van der Waals surface area contributed by atoms with Gasteiger partial charge in [0.1, 0.15) is 4.21 Å². The fourth-order valence-electron chi connectivity index (χ4n) is 2.27. The topological polar surface area (TPSA) is 69.9 Å². The summed E-state index contributed by atoms with van der Waals surface area (Å²) >= 11 is 2.35. The summed E-state index contributed by atoms with van der Waals surface area (Å²) in [4.78, 5) is 0.302. The van der Waals surface area contributed by atoms with Gasteiger partial charge in [-0.15, -0.1) is 22.2 Å². The Hall–Kier alpha value is -2.28. The monoisotopic (exact) mass is 394 g/mol. The summed E-state index contributed by atoms with van der Waals surface area (Å²) in [6.07, 6.45) is 5.45. The lowest BCUT2D eigenvalue weighted by molar-refractivity contribution is 0.355. The van der Waals surface area contributed by atoms with Crippen LogP contribution in [0.25, 0.3) is 10.2 Å². The van der Waals surface area contributed by atoms with Gasteiger partial charge in [-0.2, -0.15) is 8.42 Å². The quantitative estimate of drug-likeness (QED) is 0.624. The van der Waals surface area contributed by atoms with Gasteiger partial charge in [0.2, 0.25) is 4.80 Å². The van der Waals surface area contributed by atoms with Crippen molar-refractivity contribution >= 4 is 42.9 Å². The first-order chi connectivity index (χ1) is 12.0. The minimum absolute atomic E-state index is 0.187. The Balaban J connectivity index is 2.30. The van der Waals surface area contributed by atoms with Crippen LogP contribution in [0.2, 0.25) is 0 Å². The van der Waals surface area contributed by atoms with Crippen LogP contribution in [-0.2, 0) is 16.6 Å². The highest BCUT2D eigenvalue weighted by molar-refractivity contribution is 7.92. The second-order valence-electron chi connectivity index (χ2n) is 4.85. The van der Waals surface area contributed by atoms with Gasteiger partial charge in [-0.05, 0) is 11.4 Å². The van der Waals surface area contributed by atoms with Crippen molar-refractivity contribution in [2.75, 3.05) is 14.2 Å². The molecule has 3 rings (SSSR count). The minimum atomic E-state index is -3.79. The predicted molar refractivity (Wildman–Crippen MR) is 98.8 cm³/mol. The predicted octanol–water partition coefficient (Wildman–Crippen LogP) is 2.70. The third kappa shape index (κ3) is 3.28. The van der Waals surface area contributed by atoms with E-state index in [1.54, 1.807) is 35.3 Å². The Kier molecular flexibility index (Phi) is 4.85. The van der Waals surface area contributed by atoms with E-state index in [-0.39, 0.29) is 10.8 Å². The second kappa shape index (κ2) is 6.92. The average Bonchev–Trinajstić information content (AvgIpc) is 3.23. The number of thiophene rings is 1. The molecule has 9 heteroatoms. The fraction of sp³-hybridized carbons (Fsp3) is 0.188. The van der Waals surface area contributed by atoms with Crippen LogP contribution in [0.1, 0.15) is 0 Å². The molecule has 0 atom stereocenters. The molecule has 0 aliphatic rings. The Morgan fingerprint density at radius 2 is 2.00 bits per heavy atom. The molecular weight excluding hydrogens is 380 g/mol. The zero-order valence-corrected chi connectivity index (χ0v) is 15.9. The van der Waals surface area contributed by atoms with Crippen molar-refractivity contribution < 1.29 is 17.9 Å². The molecule has 25 heavy (non-hydrogen) atoms. The number of rotatable bonds is 5. The molecule has 1 aromatic carbocycles. The highest BCUT2D eigenvalue weighted by Crippen LogP contribution is 2.33. The lowest BCUT2D eigenvalue weighted by Gasteiger charge is -2.08. The molecule has 130 valence electrons. The minimum Gasteiger partial charge on any atom is -0.493 e. The van der Waals surface area contributed by atoms with Crippen LogP contribution < -0.4 is 14.3 Å². The number of methoxy groups -OCH3 is 2. The summed E-state index contributed by atoms with van der Waals surface area (Å²) in [5.74, 6) is 3.62. The third-order valence-corrected chi connectivity index (χ3v) is 7.18. The number of terminal acetylenes is 1. The van der Waals surface area contributed by atoms with Gasteiger partial charge in [0.15, 0.2) is 11.5 Å². The molecule has 3 aromatic rings. The lowest BCUT2D eigenvalue weighted by atomic mass is 10.3. The molecular formula is C16H14N2O4S3. The second-order valence-corrected chi connectivity index (χ2v) is 8.64. The molecule has 2 aromatic heterocycles. The Bertz CT molecular complexity index is 1120. The molecule has 6 nitrogen and oxygen atoms in total. The molecule has 2 heterocycles. The zero-order valence-electron chi connectivity index (χ0n) is 13.4. The van der Waals surface area contributed by atoms with Crippen LogP contribution in [0.15, 0.2) is 38.3 Å². The number of fused-ring (bicyclic) bond motifs is 1. The van der Waals surface area contributed by atoms with Crippen molar-refractivity contribution in [2.24, 2.45) is 4.40 Å². The number of ether oxygens (including phenoxy) is 2. The van der Waals surface area contributed by atoms with E-state index in [9.17, 15) is 8.42 Å². The first-order valence-electron chi connectivity index (χ1n) is 7.03. The van der Waals surface area contributed by atoms with Crippen LogP contribution in [0.4, 0.5) is 0 Å². The van der Waals surface area contributed by atoms with Gasteiger partial charge in [0.05, 0.1) is 31.0 Å². The maximum atomic E-state index is 12.5. The van der Waals surface area contributed by atoms with Gasteiger partial charge >= 0.3 is 0 Å². The molecule has 0 N–H and O–H groups in total. The Morgan fingerprint density at radius 1 is 1.28 bits per heavy atom. The molecule has 0 spiro atoms. The van der Waals surface area contributed by atoms with Crippen molar-refractivity contribution in [3.63, 3.8) is 0 Å². The maximum absolute atomic E-state index is 12.5. The normalized spacial score (nSPS) is 12.3. The molecule has 0 saturated heterocycles. The number of thiazole rings is 1. The van der Waals surface area contributed by atoms with E-state index in [1.807, 2.05) is 0 Å². The lowest BCUT2D eigenvalue weighted by Crippen LogP contribution is -2.16. The first kappa shape index (κ1) is 17.5. The number of nitrogens with zero attached hydrogens (tertiary/aromatic N) is 2. The molecule has 0 fully saturated rings. The van der Waals surface area contributed by atoms with Crippen LogP contribution in [0.5, 0.6) is 11.5 Å². The molecule has 0 saturated carbocycles. The molecule has 0 bridgehead atoms. The summed E-state index contributed by atoms with van der Waals surface area (Å²) in [6.45, 7) is 0.189. The van der Waals surface area contributed by atoms with E-state index in [0.29, 0.717) is 16.3 Å². The number of hydrogen-bond donors (Lipinski definition) is 0. The SMILES string of the molecule is C#CCn1/c(=N/S(=O)(=O)c2cccs2)sc2cc(OC)c(OC)cc21. The van der Waals surface area contributed by atoms with E-state index in [0.717, 1.165) is 21.6 Å². The highest BCUT2D eigenvalue weighted by atomic mass is 32.2. The van der Waals surface area contributed by atoms with Crippen molar-refractivity contribution in [1.29, 1.82) is 0 Å². The largest absolute Gasteiger partial charge is 0.493 e. The summed E-state index contributed by atoms with van der Waals surface area (Å²) in [7, 11) is -0.711. The van der Waals surface area contributed by atoms with Crippen LogP contribution >= 0.6 is 22.7 Å². The van der Waals surface area contributed by atoms with Gasteiger partial charge in [-0.1, -0.05) is 23.3 Å². The van der Waals surface area contributed by atoms with Crippen molar-refractivity contribution in [3.05, 3.63) is 34.4 Å². The molecule has 0 aliphatic heterocycles. The fourth-order valence-corrected chi connectivity index (χ4v) is 5.48. The van der Waals surface area contributed by atoms with E-state index in [2.05, 4.69) is 10.3 Å². The van der Waals surface area contributed by atoms with Crippen LogP contribution in [0, 0.1) is 12.3 Å². The number of benzene rings is 1. The molecule has 0 unspecified atom stereocenters. The van der Waals surface area contributed by atoms with E-state index >= 15 is 0 Å². The molecule has 0 aliphatic carbocycles. The molecule has 0 radical (unpaired) electrons. The molecule has 0 amide bonds. The van der Waals surface area contributed by atoms with Crippen LogP contribution in [-0.4, -0.2) is 27.2 Å². The Morgan fingerprint density at radius 3 is 2.60 bits per heavy atom. The summed E-state index contributed by atoms with van der Waals surface area (Å²) in [5.41, 5.74) is 0.737. The summed E-state index contributed by atoms with van der Waals surface area (Å²) in [6, 6.07) is 6.74. The van der Waals surface area contributed by atoms with Crippen LogP contribution in [0.3, 0.4) is 0 Å². The average molecular weight is 394 g/mol. The zero-order chi connectivity index (χ0) is 18.0. The number of aromatic nitrogens is 1.